The molecular weight excluding hydrogens is 200 g/mol. The lowest BCUT2D eigenvalue weighted by atomic mass is 10.2. The molecule has 0 radical (unpaired) electrons. The quantitative estimate of drug-likeness (QED) is 0.325. The summed E-state index contributed by atoms with van der Waals surface area (Å²) in [4.78, 5) is 20.9. The van der Waals surface area contributed by atoms with Crippen molar-refractivity contribution in [2.75, 3.05) is 5.33 Å². The second-order valence-electron chi connectivity index (χ2n) is 1.56. The number of rotatable bonds is 3. The largest absolute Gasteiger partial charge is 0.478 e. The number of carboxylic acids is 1. The molecule has 0 bridgehead atoms. The molecule has 0 heterocycles. The van der Waals surface area contributed by atoms with Crippen LogP contribution in [0.4, 0.5) is 0 Å². The topological polar surface area (TPSA) is 54.4 Å². The summed E-state index contributed by atoms with van der Waals surface area (Å²) < 4.78 is 0. The molecule has 0 fully saturated rings. The minimum Gasteiger partial charge on any atom is -0.478 e. The molecule has 0 unspecified atom stereocenters. The monoisotopic (exact) mass is 206 g/mol. The SMILES string of the molecule is C/C=C(\C(=O)O)C(=O)CBr. The smallest absolute Gasteiger partial charge is 0.339 e. The number of carbonyl (C=O) groups excluding carboxylic acids is 1. The van der Waals surface area contributed by atoms with Gasteiger partial charge < -0.3 is 5.11 Å². The van der Waals surface area contributed by atoms with E-state index in [9.17, 15) is 9.59 Å². The van der Waals surface area contributed by atoms with Gasteiger partial charge in [-0.1, -0.05) is 22.0 Å². The Morgan fingerprint density at radius 2 is 2.10 bits per heavy atom. The molecule has 3 nitrogen and oxygen atoms in total. The summed E-state index contributed by atoms with van der Waals surface area (Å²) in [6, 6.07) is 0. The van der Waals surface area contributed by atoms with Gasteiger partial charge >= 0.3 is 5.97 Å². The van der Waals surface area contributed by atoms with Crippen LogP contribution in [0.15, 0.2) is 11.6 Å². The zero-order valence-electron chi connectivity index (χ0n) is 5.43. The van der Waals surface area contributed by atoms with Crippen LogP contribution in [0, 0.1) is 0 Å². The summed E-state index contributed by atoms with van der Waals surface area (Å²) >= 11 is 2.87. The maximum atomic E-state index is 10.7. The fraction of sp³-hybridized carbons (Fsp3) is 0.333. The Balaban J connectivity index is 4.39. The van der Waals surface area contributed by atoms with Crippen molar-refractivity contribution in [2.24, 2.45) is 0 Å². The van der Waals surface area contributed by atoms with E-state index < -0.39 is 11.8 Å². The lowest BCUT2D eigenvalue weighted by Crippen LogP contribution is -2.12. The molecule has 0 aromatic rings. The lowest BCUT2D eigenvalue weighted by molar-refractivity contribution is -0.134. The van der Waals surface area contributed by atoms with Gasteiger partial charge in [-0.25, -0.2) is 4.79 Å². The predicted molar refractivity (Wildman–Crippen MR) is 40.2 cm³/mol. The standard InChI is InChI=1S/C6H7BrO3/c1-2-4(6(9)10)5(8)3-7/h2H,3H2,1H3,(H,9,10)/b4-2-. The van der Waals surface area contributed by atoms with Crippen molar-refractivity contribution in [2.45, 2.75) is 6.92 Å². The molecule has 0 aliphatic heterocycles. The number of ketones is 1. The van der Waals surface area contributed by atoms with Gasteiger partial charge in [-0.2, -0.15) is 0 Å². The fourth-order valence-corrected chi connectivity index (χ4v) is 0.778. The van der Waals surface area contributed by atoms with Crippen LogP contribution in [0.1, 0.15) is 6.92 Å². The van der Waals surface area contributed by atoms with E-state index in [4.69, 9.17) is 5.11 Å². The molecule has 4 heteroatoms. The third-order valence-corrected chi connectivity index (χ3v) is 1.45. The van der Waals surface area contributed by atoms with E-state index in [1.807, 2.05) is 0 Å². The molecule has 0 aliphatic carbocycles. The number of hydrogen-bond acceptors (Lipinski definition) is 2. The number of halogens is 1. The fourth-order valence-electron chi connectivity index (χ4n) is 0.476. The second-order valence-corrected chi connectivity index (χ2v) is 2.13. The summed E-state index contributed by atoms with van der Waals surface area (Å²) in [5.41, 5.74) is -0.170. The van der Waals surface area contributed by atoms with Crippen molar-refractivity contribution in [3.63, 3.8) is 0 Å². The number of allylic oxidation sites excluding steroid dienone is 1. The normalized spacial score (nSPS) is 11.2. The predicted octanol–water partition coefficient (Wildman–Crippen LogP) is 0.981. The Labute approximate surface area is 66.9 Å². The summed E-state index contributed by atoms with van der Waals surface area (Å²) in [6.07, 6.45) is 1.28. The van der Waals surface area contributed by atoms with Crippen molar-refractivity contribution < 1.29 is 14.7 Å². The zero-order valence-corrected chi connectivity index (χ0v) is 7.01. The van der Waals surface area contributed by atoms with Gasteiger partial charge in [-0.05, 0) is 6.92 Å². The Hall–Kier alpha value is -0.640. The highest BCUT2D eigenvalue weighted by Gasteiger charge is 2.13. The summed E-state index contributed by atoms with van der Waals surface area (Å²) in [6.45, 7) is 1.52. The first kappa shape index (κ1) is 9.36. The van der Waals surface area contributed by atoms with Gasteiger partial charge in [0.1, 0.15) is 0 Å². The molecule has 0 saturated carbocycles. The van der Waals surface area contributed by atoms with E-state index in [1.165, 1.54) is 13.0 Å². The lowest BCUT2D eigenvalue weighted by Gasteiger charge is -1.93. The highest BCUT2D eigenvalue weighted by atomic mass is 79.9. The van der Waals surface area contributed by atoms with Crippen LogP contribution in [-0.4, -0.2) is 22.2 Å². The van der Waals surface area contributed by atoms with Crippen molar-refractivity contribution in [1.29, 1.82) is 0 Å². The molecule has 0 spiro atoms. The minimum atomic E-state index is -1.17. The maximum Gasteiger partial charge on any atom is 0.339 e. The average Bonchev–Trinajstić information content (AvgIpc) is 1.88. The van der Waals surface area contributed by atoms with Gasteiger partial charge in [0.2, 0.25) is 0 Å². The first-order chi connectivity index (χ1) is 4.63. The average molecular weight is 207 g/mol. The number of Topliss-reactive ketones (excluding diaryl/α,β-unsaturated/α-hetero) is 1. The van der Waals surface area contributed by atoms with Gasteiger partial charge in [0, 0.05) is 0 Å². The maximum absolute atomic E-state index is 10.7. The van der Waals surface area contributed by atoms with E-state index in [0.717, 1.165) is 0 Å². The van der Waals surface area contributed by atoms with Gasteiger partial charge in [0.25, 0.3) is 0 Å². The zero-order chi connectivity index (χ0) is 8.15. The minimum absolute atomic E-state index is 0.0545. The van der Waals surface area contributed by atoms with E-state index >= 15 is 0 Å². The van der Waals surface area contributed by atoms with Crippen LogP contribution in [0.2, 0.25) is 0 Å². The molecule has 10 heavy (non-hydrogen) atoms. The Morgan fingerprint density at radius 3 is 2.20 bits per heavy atom. The van der Waals surface area contributed by atoms with E-state index in [2.05, 4.69) is 15.9 Å². The van der Waals surface area contributed by atoms with Crippen molar-refractivity contribution in [3.8, 4) is 0 Å². The number of carbonyl (C=O) groups is 2. The highest BCUT2D eigenvalue weighted by Crippen LogP contribution is 1.98. The summed E-state index contributed by atoms with van der Waals surface area (Å²) in [7, 11) is 0. The van der Waals surface area contributed by atoms with Crippen LogP contribution in [0.25, 0.3) is 0 Å². The molecule has 0 amide bonds. The van der Waals surface area contributed by atoms with Gasteiger partial charge in [-0.3, -0.25) is 4.79 Å². The van der Waals surface area contributed by atoms with Crippen LogP contribution < -0.4 is 0 Å². The highest BCUT2D eigenvalue weighted by molar-refractivity contribution is 9.09. The number of aliphatic carboxylic acids is 1. The van der Waals surface area contributed by atoms with Gasteiger partial charge in [0.05, 0.1) is 10.9 Å². The first-order valence-corrected chi connectivity index (χ1v) is 3.74. The van der Waals surface area contributed by atoms with E-state index in [1.54, 1.807) is 0 Å². The molecule has 0 saturated heterocycles. The first-order valence-electron chi connectivity index (χ1n) is 2.62. The number of hydrogen-bond donors (Lipinski definition) is 1. The Morgan fingerprint density at radius 1 is 1.60 bits per heavy atom. The molecule has 0 aromatic carbocycles. The molecule has 0 rings (SSSR count). The van der Waals surface area contributed by atoms with Crippen molar-refractivity contribution >= 4 is 27.7 Å². The Bertz CT molecular complexity index is 183. The molecule has 1 N–H and O–H groups in total. The number of carboxylic acid groups (broad SMARTS) is 1. The Kier molecular flexibility index (Phi) is 3.95. The molecule has 0 atom stereocenters. The third kappa shape index (κ3) is 2.31. The van der Waals surface area contributed by atoms with E-state index in [-0.39, 0.29) is 10.9 Å². The van der Waals surface area contributed by atoms with Crippen molar-refractivity contribution in [1.82, 2.24) is 0 Å². The second kappa shape index (κ2) is 4.22. The van der Waals surface area contributed by atoms with E-state index in [0.29, 0.717) is 0 Å². The number of alkyl halides is 1. The summed E-state index contributed by atoms with van der Waals surface area (Å²) in [5, 5.41) is 8.42. The van der Waals surface area contributed by atoms with Gasteiger partial charge in [0.15, 0.2) is 5.78 Å². The molecular formula is C6H7BrO3. The molecule has 56 valence electrons. The molecule has 0 aliphatic rings. The summed E-state index contributed by atoms with van der Waals surface area (Å²) in [5.74, 6) is -1.58. The van der Waals surface area contributed by atoms with Crippen LogP contribution >= 0.6 is 15.9 Å². The third-order valence-electron chi connectivity index (χ3n) is 0.941. The molecule has 0 aromatic heterocycles. The van der Waals surface area contributed by atoms with Gasteiger partial charge in [-0.15, -0.1) is 0 Å². The van der Waals surface area contributed by atoms with Crippen LogP contribution in [0.3, 0.4) is 0 Å². The van der Waals surface area contributed by atoms with Crippen LogP contribution in [-0.2, 0) is 9.59 Å². The van der Waals surface area contributed by atoms with Crippen molar-refractivity contribution in [3.05, 3.63) is 11.6 Å². The van der Waals surface area contributed by atoms with Crippen LogP contribution in [0.5, 0.6) is 0 Å².